The Bertz CT molecular complexity index is 1240. The van der Waals surface area contributed by atoms with E-state index in [0.717, 1.165) is 32.4 Å². The summed E-state index contributed by atoms with van der Waals surface area (Å²) in [6.07, 6.45) is 5.83. The predicted octanol–water partition coefficient (Wildman–Crippen LogP) is 4.37. The number of likely N-dealkylation sites (N-methyl/N-ethyl adjacent to an activating group) is 1. The van der Waals surface area contributed by atoms with Gasteiger partial charge in [-0.05, 0) is 44.5 Å². The van der Waals surface area contributed by atoms with Gasteiger partial charge in [0.15, 0.2) is 5.82 Å². The number of anilines is 3. The number of nitrogens with one attached hydrogen (secondary N) is 2. The summed E-state index contributed by atoms with van der Waals surface area (Å²) in [6.45, 7) is 5.36. The molecule has 2 unspecified atom stereocenters. The molecule has 1 aromatic carbocycles. The molecule has 1 aliphatic carbocycles. The van der Waals surface area contributed by atoms with Crippen molar-refractivity contribution in [1.29, 1.82) is 0 Å². The minimum atomic E-state index is -1.44. The van der Waals surface area contributed by atoms with Gasteiger partial charge < -0.3 is 26.0 Å². The van der Waals surface area contributed by atoms with Crippen LogP contribution in [-0.4, -0.2) is 63.8 Å². The van der Waals surface area contributed by atoms with Crippen molar-refractivity contribution in [2.24, 2.45) is 10.7 Å². The number of benzene rings is 1. The van der Waals surface area contributed by atoms with Gasteiger partial charge in [-0.15, -0.1) is 0 Å². The Hall–Kier alpha value is -2.76. The Balaban J connectivity index is 1.63. The van der Waals surface area contributed by atoms with Gasteiger partial charge in [-0.1, -0.05) is 25.4 Å². The fourth-order valence-corrected chi connectivity index (χ4v) is 5.01. The minimum absolute atomic E-state index is 0.121. The molecular formula is C25H33ClFN7O2S. The summed E-state index contributed by atoms with van der Waals surface area (Å²) in [5.74, 6) is 0.795. The van der Waals surface area contributed by atoms with E-state index in [4.69, 9.17) is 22.1 Å². The fourth-order valence-electron chi connectivity index (χ4n) is 4.04. The van der Waals surface area contributed by atoms with E-state index < -0.39 is 10.8 Å². The molecule has 2 fully saturated rings. The van der Waals surface area contributed by atoms with Crippen LogP contribution in [0.1, 0.15) is 44.6 Å². The number of likely N-dealkylation sites (tertiary alicyclic amines) is 1. The van der Waals surface area contributed by atoms with Crippen molar-refractivity contribution in [3.8, 4) is 5.75 Å². The van der Waals surface area contributed by atoms with Crippen LogP contribution in [0.25, 0.3) is 0 Å². The summed E-state index contributed by atoms with van der Waals surface area (Å²) in [4.78, 5) is 14.9. The molecule has 1 saturated carbocycles. The first-order valence-corrected chi connectivity index (χ1v) is 13.8. The van der Waals surface area contributed by atoms with Gasteiger partial charge in [-0.2, -0.15) is 4.98 Å². The monoisotopic (exact) mass is 549 g/mol. The second-order valence-electron chi connectivity index (χ2n) is 9.59. The predicted molar refractivity (Wildman–Crippen MR) is 148 cm³/mol. The number of nitrogens with two attached hydrogens (primary N) is 1. The molecular weight excluding hydrogens is 517 g/mol. The quantitative estimate of drug-likeness (QED) is 0.374. The summed E-state index contributed by atoms with van der Waals surface area (Å²) in [7, 11) is 2.18. The van der Waals surface area contributed by atoms with Crippen molar-refractivity contribution in [3.05, 3.63) is 45.5 Å². The van der Waals surface area contributed by atoms with Crippen molar-refractivity contribution in [2.45, 2.75) is 50.4 Å². The molecule has 4 rings (SSSR count). The number of aliphatic imine (C=N–C) groups is 1. The highest BCUT2D eigenvalue weighted by atomic mass is 35.5. The number of hydrogen-bond acceptors (Lipinski definition) is 9. The van der Waals surface area contributed by atoms with Gasteiger partial charge in [-0.25, -0.2) is 9.37 Å². The first-order valence-electron chi connectivity index (χ1n) is 12.2. The number of allylic oxidation sites excluding steroid dienone is 1. The van der Waals surface area contributed by atoms with Crippen LogP contribution in [0.2, 0.25) is 5.02 Å². The Morgan fingerprint density at radius 3 is 2.76 bits per heavy atom. The van der Waals surface area contributed by atoms with E-state index in [2.05, 4.69) is 30.5 Å². The van der Waals surface area contributed by atoms with Crippen LogP contribution in [0.15, 0.2) is 34.0 Å². The van der Waals surface area contributed by atoms with Gasteiger partial charge in [0.05, 0.1) is 34.5 Å². The molecule has 2 aliphatic rings. The number of rotatable bonds is 10. The molecule has 200 valence electrons. The van der Waals surface area contributed by atoms with Crippen molar-refractivity contribution in [2.75, 3.05) is 37.8 Å². The van der Waals surface area contributed by atoms with Crippen LogP contribution in [0.4, 0.5) is 21.8 Å². The zero-order chi connectivity index (χ0) is 26.7. The van der Waals surface area contributed by atoms with Crippen molar-refractivity contribution >= 4 is 46.1 Å². The lowest BCUT2D eigenvalue weighted by Gasteiger charge is -2.18. The smallest absolute Gasteiger partial charge is 0.229 e. The van der Waals surface area contributed by atoms with Crippen molar-refractivity contribution in [3.63, 3.8) is 0 Å². The van der Waals surface area contributed by atoms with E-state index in [1.807, 2.05) is 7.05 Å². The minimum Gasteiger partial charge on any atom is -0.488 e. The Labute approximate surface area is 224 Å². The standard InChI is InChI=1S/C25H33ClFN7O2S/c1-14(2)37(35)23(28)21(12-29-3)31-24-18(26)11-30-25(33-24)32-20-10-19(27)17(15-7-8-34(4)13-15)9-22(20)36-16-5-6-16/h9-12,14-16H,5-8,13,28H2,1-4H3,(H2,30,31,32,33). The molecule has 1 saturated heterocycles. The lowest BCUT2D eigenvalue weighted by atomic mass is 9.97. The van der Waals surface area contributed by atoms with E-state index in [9.17, 15) is 4.21 Å². The Morgan fingerprint density at radius 1 is 1.38 bits per heavy atom. The highest BCUT2D eigenvalue weighted by Gasteiger charge is 2.29. The zero-order valence-corrected chi connectivity index (χ0v) is 23.0. The number of nitrogens with zero attached hydrogens (tertiary/aromatic N) is 4. The van der Waals surface area contributed by atoms with E-state index in [1.165, 1.54) is 18.5 Å². The van der Waals surface area contributed by atoms with Crippen LogP contribution >= 0.6 is 11.6 Å². The summed E-state index contributed by atoms with van der Waals surface area (Å²) in [6, 6.07) is 3.24. The maximum Gasteiger partial charge on any atom is 0.229 e. The highest BCUT2D eigenvalue weighted by molar-refractivity contribution is 7.89. The number of halogens is 2. The third kappa shape index (κ3) is 6.77. The molecule has 0 spiro atoms. The number of ether oxygens (including phenoxy) is 1. The topological polar surface area (TPSA) is 118 Å². The van der Waals surface area contributed by atoms with Gasteiger partial charge in [0, 0.05) is 37.0 Å². The van der Waals surface area contributed by atoms with Crippen LogP contribution in [0.5, 0.6) is 5.75 Å². The van der Waals surface area contributed by atoms with Gasteiger partial charge in [0.25, 0.3) is 0 Å². The number of aromatic nitrogens is 2. The molecule has 2 heterocycles. The molecule has 1 aromatic heterocycles. The molecule has 0 amide bonds. The second-order valence-corrected chi connectivity index (χ2v) is 12.0. The molecule has 9 nitrogen and oxygen atoms in total. The molecule has 0 bridgehead atoms. The lowest BCUT2D eigenvalue weighted by Crippen LogP contribution is -2.20. The highest BCUT2D eigenvalue weighted by Crippen LogP contribution is 2.39. The van der Waals surface area contributed by atoms with Crippen LogP contribution in [-0.2, 0) is 10.8 Å². The summed E-state index contributed by atoms with van der Waals surface area (Å²) >= 11 is 6.34. The van der Waals surface area contributed by atoms with Crippen molar-refractivity contribution < 1.29 is 13.3 Å². The largest absolute Gasteiger partial charge is 0.488 e. The Kier molecular flexibility index (Phi) is 8.66. The first kappa shape index (κ1) is 27.3. The molecule has 1 aliphatic heterocycles. The molecule has 2 atom stereocenters. The van der Waals surface area contributed by atoms with Gasteiger partial charge in [0.1, 0.15) is 21.6 Å². The van der Waals surface area contributed by atoms with Gasteiger partial charge >= 0.3 is 0 Å². The maximum atomic E-state index is 15.2. The van der Waals surface area contributed by atoms with Gasteiger partial charge in [-0.3, -0.25) is 9.20 Å². The van der Waals surface area contributed by atoms with Crippen LogP contribution in [0.3, 0.4) is 0 Å². The summed E-state index contributed by atoms with van der Waals surface area (Å²) < 4.78 is 33.9. The van der Waals surface area contributed by atoms with Crippen molar-refractivity contribution in [1.82, 2.24) is 14.9 Å². The van der Waals surface area contributed by atoms with E-state index in [1.54, 1.807) is 27.0 Å². The molecule has 12 heteroatoms. The van der Waals surface area contributed by atoms with Crippen LogP contribution < -0.4 is 21.1 Å². The molecule has 2 aromatic rings. The molecule has 0 radical (unpaired) electrons. The Morgan fingerprint density at radius 2 is 2.14 bits per heavy atom. The van der Waals surface area contributed by atoms with E-state index >= 15 is 4.39 Å². The summed E-state index contributed by atoms with van der Waals surface area (Å²) in [5.41, 5.74) is 7.54. The van der Waals surface area contributed by atoms with Crippen LogP contribution in [0, 0.1) is 5.82 Å². The normalized spacial score (nSPS) is 19.8. The molecule has 37 heavy (non-hydrogen) atoms. The second kappa shape index (κ2) is 11.7. The SMILES string of the molecule is CN=CC(Nc1nc(Nc2cc(F)c(C3CCN(C)C3)cc2OC2CC2)ncc1Cl)=C(N)S(=O)C(C)C. The third-order valence-corrected chi connectivity index (χ3v) is 7.95. The van der Waals surface area contributed by atoms with E-state index in [0.29, 0.717) is 22.7 Å². The zero-order valence-electron chi connectivity index (χ0n) is 21.4. The summed E-state index contributed by atoms with van der Waals surface area (Å²) in [5, 5.41) is 6.24. The average molecular weight is 550 g/mol. The fraction of sp³-hybridized carbons (Fsp3) is 0.480. The van der Waals surface area contributed by atoms with Gasteiger partial charge in [0.2, 0.25) is 5.95 Å². The number of hydrogen-bond donors (Lipinski definition) is 3. The van der Waals surface area contributed by atoms with E-state index in [-0.39, 0.29) is 44.9 Å². The lowest BCUT2D eigenvalue weighted by molar-refractivity contribution is 0.303. The molecule has 4 N–H and O–H groups in total. The maximum absolute atomic E-state index is 15.2. The average Bonchev–Trinajstić information content (AvgIpc) is 3.58. The first-order chi connectivity index (χ1) is 17.7. The third-order valence-electron chi connectivity index (χ3n) is 6.16.